The molecule has 70 heavy (non-hydrogen) atoms. The van der Waals surface area contributed by atoms with Gasteiger partial charge in [-0.1, -0.05) is 256 Å². The molecule has 0 bridgehead atoms. The van der Waals surface area contributed by atoms with Crippen LogP contribution in [-0.4, -0.2) is 82.3 Å². The van der Waals surface area contributed by atoms with Gasteiger partial charge in [-0.05, 0) is 44.9 Å². The lowest BCUT2D eigenvalue weighted by atomic mass is 10.0. The van der Waals surface area contributed by atoms with E-state index in [1.807, 2.05) is 21.1 Å². The number of hydrogen-bond donors (Lipinski definition) is 0. The van der Waals surface area contributed by atoms with Gasteiger partial charge in [0.2, 0.25) is 0 Å². The third kappa shape index (κ3) is 53.6. The summed E-state index contributed by atoms with van der Waals surface area (Å²) in [4.78, 5) is 37.3. The van der Waals surface area contributed by atoms with E-state index >= 15 is 0 Å². The fraction of sp³-hybridized carbons (Fsp3) is 0.885. The van der Waals surface area contributed by atoms with Crippen molar-refractivity contribution in [3.8, 4) is 0 Å². The van der Waals surface area contributed by atoms with E-state index in [1.54, 1.807) is 0 Å². The number of likely N-dealkylation sites (N-methyl/N-ethyl adjacent to an activating group) is 1. The summed E-state index contributed by atoms with van der Waals surface area (Å²) in [5, 5.41) is 11.8. The summed E-state index contributed by atoms with van der Waals surface area (Å²) in [6, 6.07) is 0. The number of quaternary nitrogens is 1. The molecule has 0 amide bonds. The number of hydrogen-bond acceptors (Lipinski definition) is 8. The highest BCUT2D eigenvalue weighted by molar-refractivity contribution is 5.70. The fourth-order valence-electron chi connectivity index (χ4n) is 8.80. The monoisotopic (exact) mass is 990 g/mol. The fourth-order valence-corrected chi connectivity index (χ4v) is 8.80. The van der Waals surface area contributed by atoms with Crippen LogP contribution in [0.25, 0.3) is 0 Å². The molecule has 0 saturated carbocycles. The lowest BCUT2D eigenvalue weighted by Gasteiger charge is -2.26. The second-order valence-corrected chi connectivity index (χ2v) is 21.6. The van der Waals surface area contributed by atoms with Gasteiger partial charge in [-0.25, -0.2) is 0 Å². The van der Waals surface area contributed by atoms with Crippen LogP contribution in [0.2, 0.25) is 0 Å². The predicted octanol–water partition coefficient (Wildman–Crippen LogP) is 16.2. The summed E-state index contributed by atoms with van der Waals surface area (Å²) in [7, 11) is 5.93. The highest BCUT2D eigenvalue weighted by Crippen LogP contribution is 2.17. The molecular weight excluding hydrogens is 875 g/mol. The third-order valence-corrected chi connectivity index (χ3v) is 13.5. The van der Waals surface area contributed by atoms with Crippen LogP contribution < -0.4 is 5.11 Å². The van der Waals surface area contributed by atoms with Crippen LogP contribution in [0.15, 0.2) is 24.3 Å². The highest BCUT2D eigenvalue weighted by Gasteiger charge is 2.22. The number of nitrogens with zero attached hydrogens (tertiary/aromatic N) is 1. The molecule has 0 aromatic heterocycles. The minimum Gasteiger partial charge on any atom is -0.545 e. The van der Waals surface area contributed by atoms with Crippen LogP contribution >= 0.6 is 0 Å². The molecule has 0 aromatic rings. The van der Waals surface area contributed by atoms with Gasteiger partial charge < -0.3 is 33.3 Å². The van der Waals surface area contributed by atoms with Gasteiger partial charge in [-0.2, -0.15) is 0 Å². The van der Waals surface area contributed by atoms with Gasteiger partial charge in [0.05, 0.1) is 40.3 Å². The quantitative estimate of drug-likeness (QED) is 0.0195. The van der Waals surface area contributed by atoms with Gasteiger partial charge in [0.25, 0.3) is 0 Å². The Morgan fingerprint density at radius 1 is 0.429 bits per heavy atom. The van der Waals surface area contributed by atoms with E-state index in [0.29, 0.717) is 23.9 Å². The first kappa shape index (κ1) is 67.8. The van der Waals surface area contributed by atoms with E-state index in [9.17, 15) is 19.5 Å². The topological polar surface area (TPSA) is 111 Å². The summed E-state index contributed by atoms with van der Waals surface area (Å²) >= 11 is 0. The van der Waals surface area contributed by atoms with Crippen LogP contribution in [-0.2, 0) is 33.3 Å². The number of esters is 2. The number of carbonyl (C=O) groups excluding carboxylic acids is 3. The van der Waals surface area contributed by atoms with Crippen LogP contribution in [0.1, 0.15) is 290 Å². The zero-order valence-electron chi connectivity index (χ0n) is 46.9. The van der Waals surface area contributed by atoms with Gasteiger partial charge >= 0.3 is 11.9 Å². The SMILES string of the molecule is CCCCCCC/C=C\C/C=C\CCCCCCCCCCCC(=O)OC(COC(=O)CCCCCCCCCCCCCCCCCCCCCCCCCC)COC(OCC[N+](C)(C)C)C(=O)[O-]. The Hall–Kier alpha value is -2.23. The standard InChI is InChI=1S/C61H115NO8/c1-6-8-10-12-14-16-18-20-22-24-26-28-29-30-32-33-35-37-39-41-43-45-47-49-51-58(63)68-55-57(56-69-61(60(65)66)67-54-53-62(3,4)5)70-59(64)52-50-48-46-44-42-40-38-36-34-31-27-25-23-21-19-17-15-13-11-9-7-2/h19,21,25,27,57,61H,6-18,20,22-24,26,28-56H2,1-5H3/b21-19-,27-25-. The van der Waals surface area contributed by atoms with Crippen molar-refractivity contribution in [2.24, 2.45) is 0 Å². The Bertz CT molecular complexity index is 1200. The molecule has 0 aromatic carbocycles. The first-order valence-electron chi connectivity index (χ1n) is 30.0. The third-order valence-electron chi connectivity index (χ3n) is 13.5. The van der Waals surface area contributed by atoms with E-state index in [0.717, 1.165) is 51.4 Å². The van der Waals surface area contributed by atoms with E-state index in [1.165, 1.54) is 205 Å². The zero-order chi connectivity index (χ0) is 51.3. The van der Waals surface area contributed by atoms with Crippen LogP contribution in [0.5, 0.6) is 0 Å². The van der Waals surface area contributed by atoms with E-state index in [-0.39, 0.29) is 32.2 Å². The molecule has 0 N–H and O–H groups in total. The first-order chi connectivity index (χ1) is 34.1. The average Bonchev–Trinajstić information content (AvgIpc) is 3.33. The number of allylic oxidation sites excluding steroid dienone is 4. The maximum absolute atomic E-state index is 12.9. The molecule has 0 aliphatic carbocycles. The number of carboxylic acid groups (broad SMARTS) is 1. The van der Waals surface area contributed by atoms with Gasteiger partial charge in [-0.3, -0.25) is 9.59 Å². The Morgan fingerprint density at radius 2 is 0.771 bits per heavy atom. The van der Waals surface area contributed by atoms with Crippen molar-refractivity contribution in [1.82, 2.24) is 0 Å². The minimum absolute atomic E-state index is 0.149. The van der Waals surface area contributed by atoms with Crippen molar-refractivity contribution in [2.75, 3.05) is 47.5 Å². The summed E-state index contributed by atoms with van der Waals surface area (Å²) in [5.74, 6) is -2.27. The number of ether oxygens (including phenoxy) is 4. The lowest BCUT2D eigenvalue weighted by Crippen LogP contribution is -2.44. The molecule has 2 unspecified atom stereocenters. The summed E-state index contributed by atoms with van der Waals surface area (Å²) in [5.41, 5.74) is 0. The van der Waals surface area contributed by atoms with Crippen molar-refractivity contribution in [3.05, 3.63) is 24.3 Å². The van der Waals surface area contributed by atoms with Crippen molar-refractivity contribution < 1.29 is 42.9 Å². The molecule has 9 heteroatoms. The van der Waals surface area contributed by atoms with Gasteiger partial charge in [0.15, 0.2) is 12.4 Å². The molecule has 412 valence electrons. The van der Waals surface area contributed by atoms with E-state index < -0.39 is 24.3 Å². The molecule has 2 atom stereocenters. The molecule has 0 radical (unpaired) electrons. The first-order valence-corrected chi connectivity index (χ1v) is 30.0. The minimum atomic E-state index is -1.62. The molecule has 0 rings (SSSR count). The predicted molar refractivity (Wildman–Crippen MR) is 293 cm³/mol. The number of aliphatic carboxylic acids is 1. The number of carbonyl (C=O) groups is 3. The molecule has 0 spiro atoms. The number of carboxylic acids is 1. The van der Waals surface area contributed by atoms with Crippen molar-refractivity contribution in [2.45, 2.75) is 302 Å². The molecule has 9 nitrogen and oxygen atoms in total. The Kier molecular flexibility index (Phi) is 51.4. The molecule has 0 aliphatic heterocycles. The van der Waals surface area contributed by atoms with Crippen molar-refractivity contribution >= 4 is 17.9 Å². The largest absolute Gasteiger partial charge is 0.545 e. The summed E-state index contributed by atoms with van der Waals surface area (Å²) in [6.45, 7) is 4.78. The normalized spacial score (nSPS) is 12.9. The molecule has 0 heterocycles. The van der Waals surface area contributed by atoms with Crippen LogP contribution in [0, 0.1) is 0 Å². The second kappa shape index (κ2) is 53.1. The molecular formula is C61H115NO8. The Morgan fingerprint density at radius 3 is 1.13 bits per heavy atom. The Balaban J connectivity index is 4.19. The molecule has 0 aliphatic rings. The highest BCUT2D eigenvalue weighted by atomic mass is 16.7. The summed E-state index contributed by atoms with van der Waals surface area (Å²) in [6.07, 6.45) is 59.4. The van der Waals surface area contributed by atoms with Gasteiger partial charge in [0.1, 0.15) is 13.2 Å². The number of rotatable bonds is 56. The Labute approximate surface area is 433 Å². The van der Waals surface area contributed by atoms with E-state index in [2.05, 4.69) is 38.2 Å². The second-order valence-electron chi connectivity index (χ2n) is 21.6. The smallest absolute Gasteiger partial charge is 0.306 e. The lowest BCUT2D eigenvalue weighted by molar-refractivity contribution is -0.870. The van der Waals surface area contributed by atoms with Crippen molar-refractivity contribution in [1.29, 1.82) is 0 Å². The van der Waals surface area contributed by atoms with Crippen LogP contribution in [0.3, 0.4) is 0 Å². The van der Waals surface area contributed by atoms with E-state index in [4.69, 9.17) is 18.9 Å². The maximum atomic E-state index is 12.9. The maximum Gasteiger partial charge on any atom is 0.306 e. The average molecular weight is 991 g/mol. The van der Waals surface area contributed by atoms with Gasteiger partial charge in [-0.15, -0.1) is 0 Å². The molecule has 0 fully saturated rings. The number of unbranched alkanes of at least 4 members (excludes halogenated alkanes) is 37. The van der Waals surface area contributed by atoms with Gasteiger partial charge in [0, 0.05) is 12.8 Å². The van der Waals surface area contributed by atoms with Crippen molar-refractivity contribution in [3.63, 3.8) is 0 Å². The van der Waals surface area contributed by atoms with Crippen LogP contribution in [0.4, 0.5) is 0 Å². The summed E-state index contributed by atoms with van der Waals surface area (Å²) < 4.78 is 22.7. The zero-order valence-corrected chi connectivity index (χ0v) is 46.9. The molecule has 0 saturated heterocycles.